The van der Waals surface area contributed by atoms with Gasteiger partial charge in [-0.15, -0.1) is 0 Å². The van der Waals surface area contributed by atoms with E-state index in [9.17, 15) is 4.39 Å². The third-order valence-electron chi connectivity index (χ3n) is 4.76. The monoisotopic (exact) mass is 329 g/mol. The summed E-state index contributed by atoms with van der Waals surface area (Å²) in [6, 6.07) is 14.6. The quantitative estimate of drug-likeness (QED) is 0.829. The van der Waals surface area contributed by atoms with E-state index in [2.05, 4.69) is 11.9 Å². The summed E-state index contributed by atoms with van der Waals surface area (Å²) in [6.45, 7) is 2.64. The zero-order valence-electron chi connectivity index (χ0n) is 14.2. The molecule has 2 aromatic rings. The molecule has 1 saturated heterocycles. The second-order valence-corrected chi connectivity index (χ2v) is 6.43. The standard InChI is InChI=1S/C20H24FNO2/c1-22-12-11-18(15-7-9-17(21)10-8-15)16(13-22)14-24-20-6-4-3-5-19(20)23-2/h3-10,16,18H,11-14H2,1-2H3/t16-,18-/m1/s1. The predicted molar refractivity (Wildman–Crippen MR) is 93.2 cm³/mol. The van der Waals surface area contributed by atoms with Gasteiger partial charge in [-0.25, -0.2) is 4.39 Å². The number of ether oxygens (including phenoxy) is 2. The van der Waals surface area contributed by atoms with Crippen LogP contribution in [0.2, 0.25) is 0 Å². The fraction of sp³-hybridized carbons (Fsp3) is 0.400. The molecule has 0 bridgehead atoms. The third-order valence-corrected chi connectivity index (χ3v) is 4.76. The van der Waals surface area contributed by atoms with E-state index in [0.717, 1.165) is 31.0 Å². The normalized spacial score (nSPS) is 21.5. The Balaban J connectivity index is 1.73. The predicted octanol–water partition coefficient (Wildman–Crippen LogP) is 3.95. The van der Waals surface area contributed by atoms with Crippen molar-refractivity contribution in [2.24, 2.45) is 5.92 Å². The number of rotatable bonds is 5. The Labute approximate surface area is 143 Å². The number of likely N-dealkylation sites (tertiary alicyclic amines) is 1. The fourth-order valence-electron chi connectivity index (χ4n) is 3.47. The molecule has 0 N–H and O–H groups in total. The molecular formula is C20H24FNO2. The number of piperidine rings is 1. The molecule has 2 atom stereocenters. The first-order valence-electron chi connectivity index (χ1n) is 8.37. The number of para-hydroxylation sites is 2. The van der Waals surface area contributed by atoms with Crippen LogP contribution in [-0.4, -0.2) is 38.8 Å². The summed E-state index contributed by atoms with van der Waals surface area (Å²) >= 11 is 0. The smallest absolute Gasteiger partial charge is 0.161 e. The first-order valence-corrected chi connectivity index (χ1v) is 8.37. The van der Waals surface area contributed by atoms with Gasteiger partial charge in [0.1, 0.15) is 5.82 Å². The van der Waals surface area contributed by atoms with Crippen LogP contribution in [-0.2, 0) is 0 Å². The highest BCUT2D eigenvalue weighted by Gasteiger charge is 2.29. The number of hydrogen-bond acceptors (Lipinski definition) is 3. The molecule has 0 radical (unpaired) electrons. The van der Waals surface area contributed by atoms with E-state index in [4.69, 9.17) is 9.47 Å². The molecule has 128 valence electrons. The SMILES string of the molecule is COc1ccccc1OC[C@H]1CN(C)CC[C@@H]1c1ccc(F)cc1. The van der Waals surface area contributed by atoms with Gasteiger partial charge in [0.15, 0.2) is 11.5 Å². The van der Waals surface area contributed by atoms with Gasteiger partial charge in [0.2, 0.25) is 0 Å². The van der Waals surface area contributed by atoms with E-state index in [-0.39, 0.29) is 5.82 Å². The van der Waals surface area contributed by atoms with E-state index >= 15 is 0 Å². The van der Waals surface area contributed by atoms with Crippen molar-refractivity contribution in [2.75, 3.05) is 33.9 Å². The Kier molecular flexibility index (Phi) is 5.36. The third kappa shape index (κ3) is 3.88. The van der Waals surface area contributed by atoms with Crippen molar-refractivity contribution < 1.29 is 13.9 Å². The van der Waals surface area contributed by atoms with Gasteiger partial charge >= 0.3 is 0 Å². The van der Waals surface area contributed by atoms with Crippen molar-refractivity contribution in [3.05, 3.63) is 59.9 Å². The summed E-state index contributed by atoms with van der Waals surface area (Å²) in [5, 5.41) is 0. The average Bonchev–Trinajstić information content (AvgIpc) is 2.61. The molecule has 0 amide bonds. The van der Waals surface area contributed by atoms with Crippen molar-refractivity contribution in [1.29, 1.82) is 0 Å². The maximum Gasteiger partial charge on any atom is 0.161 e. The molecule has 24 heavy (non-hydrogen) atoms. The first-order chi connectivity index (χ1) is 11.7. The first kappa shape index (κ1) is 16.8. The second kappa shape index (κ2) is 7.67. The summed E-state index contributed by atoms with van der Waals surface area (Å²) in [4.78, 5) is 2.33. The van der Waals surface area contributed by atoms with Crippen molar-refractivity contribution in [3.8, 4) is 11.5 Å². The molecule has 0 aromatic heterocycles. The summed E-state index contributed by atoms with van der Waals surface area (Å²) in [5.74, 6) is 2.08. The van der Waals surface area contributed by atoms with E-state index < -0.39 is 0 Å². The highest BCUT2D eigenvalue weighted by molar-refractivity contribution is 5.39. The zero-order chi connectivity index (χ0) is 16.9. The zero-order valence-corrected chi connectivity index (χ0v) is 14.2. The van der Waals surface area contributed by atoms with Crippen LogP contribution in [0.5, 0.6) is 11.5 Å². The summed E-state index contributed by atoms with van der Waals surface area (Å²) in [7, 11) is 3.79. The molecule has 0 aliphatic carbocycles. The number of halogens is 1. The minimum atomic E-state index is -0.187. The average molecular weight is 329 g/mol. The van der Waals surface area contributed by atoms with Crippen molar-refractivity contribution in [3.63, 3.8) is 0 Å². The second-order valence-electron chi connectivity index (χ2n) is 6.43. The van der Waals surface area contributed by atoms with Gasteiger partial charge in [-0.2, -0.15) is 0 Å². The van der Waals surface area contributed by atoms with Gasteiger partial charge in [0.05, 0.1) is 13.7 Å². The highest BCUT2D eigenvalue weighted by atomic mass is 19.1. The molecule has 2 aromatic carbocycles. The maximum absolute atomic E-state index is 13.2. The van der Waals surface area contributed by atoms with E-state index in [1.54, 1.807) is 19.2 Å². The van der Waals surface area contributed by atoms with Crippen LogP contribution in [0.3, 0.4) is 0 Å². The minimum Gasteiger partial charge on any atom is -0.493 e. The van der Waals surface area contributed by atoms with Crippen LogP contribution in [0.1, 0.15) is 17.9 Å². The van der Waals surface area contributed by atoms with Crippen molar-refractivity contribution in [2.45, 2.75) is 12.3 Å². The molecule has 1 heterocycles. The van der Waals surface area contributed by atoms with E-state index in [1.165, 1.54) is 5.56 Å². The Hall–Kier alpha value is -2.07. The van der Waals surface area contributed by atoms with Crippen LogP contribution in [0.4, 0.5) is 4.39 Å². The molecule has 0 unspecified atom stereocenters. The Morgan fingerprint density at radius 2 is 1.79 bits per heavy atom. The molecular weight excluding hydrogens is 305 g/mol. The minimum absolute atomic E-state index is 0.187. The Bertz CT molecular complexity index is 659. The molecule has 1 aliphatic heterocycles. The van der Waals surface area contributed by atoms with Crippen LogP contribution < -0.4 is 9.47 Å². The lowest BCUT2D eigenvalue weighted by atomic mass is 9.81. The van der Waals surface area contributed by atoms with Gasteiger partial charge in [0, 0.05) is 12.5 Å². The highest BCUT2D eigenvalue weighted by Crippen LogP contribution is 2.34. The number of benzene rings is 2. The van der Waals surface area contributed by atoms with Crippen molar-refractivity contribution >= 4 is 0 Å². The van der Waals surface area contributed by atoms with Crippen LogP contribution >= 0.6 is 0 Å². The van der Waals surface area contributed by atoms with Gasteiger partial charge in [0.25, 0.3) is 0 Å². The number of methoxy groups -OCH3 is 1. The van der Waals surface area contributed by atoms with Gasteiger partial charge in [-0.05, 0) is 55.8 Å². The molecule has 1 fully saturated rings. The molecule has 3 rings (SSSR count). The Morgan fingerprint density at radius 1 is 1.08 bits per heavy atom. The number of nitrogens with zero attached hydrogens (tertiary/aromatic N) is 1. The lowest BCUT2D eigenvalue weighted by molar-refractivity contribution is 0.127. The van der Waals surface area contributed by atoms with E-state index in [1.807, 2.05) is 36.4 Å². The lowest BCUT2D eigenvalue weighted by Gasteiger charge is -2.37. The summed E-state index contributed by atoms with van der Waals surface area (Å²) in [5.41, 5.74) is 1.19. The fourth-order valence-corrected chi connectivity index (χ4v) is 3.47. The topological polar surface area (TPSA) is 21.7 Å². The molecule has 0 saturated carbocycles. The largest absolute Gasteiger partial charge is 0.493 e. The molecule has 1 aliphatic rings. The number of hydrogen-bond donors (Lipinski definition) is 0. The molecule has 3 nitrogen and oxygen atoms in total. The summed E-state index contributed by atoms with van der Waals surface area (Å²) < 4.78 is 24.6. The van der Waals surface area contributed by atoms with Gasteiger partial charge < -0.3 is 14.4 Å². The van der Waals surface area contributed by atoms with Crippen LogP contribution in [0.25, 0.3) is 0 Å². The summed E-state index contributed by atoms with van der Waals surface area (Å²) in [6.07, 6.45) is 1.06. The van der Waals surface area contributed by atoms with Gasteiger partial charge in [-0.1, -0.05) is 24.3 Å². The lowest BCUT2D eigenvalue weighted by Crippen LogP contribution is -2.39. The van der Waals surface area contributed by atoms with Gasteiger partial charge in [-0.3, -0.25) is 0 Å². The molecule has 4 heteroatoms. The van der Waals surface area contributed by atoms with Crippen molar-refractivity contribution in [1.82, 2.24) is 4.90 Å². The van der Waals surface area contributed by atoms with Crippen LogP contribution in [0, 0.1) is 11.7 Å². The molecule has 0 spiro atoms. The maximum atomic E-state index is 13.2. The van der Waals surface area contributed by atoms with E-state index in [0.29, 0.717) is 18.4 Å². The Morgan fingerprint density at radius 3 is 2.50 bits per heavy atom. The van der Waals surface area contributed by atoms with Crippen LogP contribution in [0.15, 0.2) is 48.5 Å².